The molecular formula is C15H18N2OS. The van der Waals surface area contributed by atoms with Crippen LogP contribution in [-0.4, -0.2) is 16.1 Å². The molecule has 0 bridgehead atoms. The van der Waals surface area contributed by atoms with Crippen LogP contribution in [0, 0.1) is 0 Å². The van der Waals surface area contributed by atoms with Crippen molar-refractivity contribution in [2.24, 2.45) is 0 Å². The zero-order valence-electron chi connectivity index (χ0n) is 11.0. The number of hydrogen-bond acceptors (Lipinski definition) is 4. The van der Waals surface area contributed by atoms with Crippen LogP contribution in [-0.2, 0) is 6.54 Å². The molecule has 1 fully saturated rings. The maximum absolute atomic E-state index is 9.53. The lowest BCUT2D eigenvalue weighted by Gasteiger charge is -2.23. The molecule has 1 unspecified atom stereocenters. The van der Waals surface area contributed by atoms with Crippen LogP contribution in [0.2, 0.25) is 0 Å². The predicted molar refractivity (Wildman–Crippen MR) is 78.4 cm³/mol. The van der Waals surface area contributed by atoms with Gasteiger partial charge in [-0.25, -0.2) is 4.98 Å². The minimum absolute atomic E-state index is 0.451. The van der Waals surface area contributed by atoms with Crippen molar-refractivity contribution < 1.29 is 5.11 Å². The average molecular weight is 274 g/mol. The Bertz CT molecular complexity index is 518. The van der Waals surface area contributed by atoms with Gasteiger partial charge >= 0.3 is 0 Å². The molecule has 1 saturated carbocycles. The smallest absolute Gasteiger partial charge is 0.129 e. The highest BCUT2D eigenvalue weighted by Gasteiger charge is 2.30. The zero-order chi connectivity index (χ0) is 13.2. The summed E-state index contributed by atoms with van der Waals surface area (Å²) in [5, 5.41) is 11.6. The first kappa shape index (κ1) is 12.6. The Labute approximate surface area is 117 Å². The number of pyridine rings is 1. The summed E-state index contributed by atoms with van der Waals surface area (Å²) in [4.78, 5) is 8.25. The van der Waals surface area contributed by atoms with Crippen LogP contribution in [0.1, 0.15) is 36.3 Å². The van der Waals surface area contributed by atoms with Gasteiger partial charge in [0, 0.05) is 17.1 Å². The van der Waals surface area contributed by atoms with E-state index in [2.05, 4.69) is 27.4 Å². The van der Waals surface area contributed by atoms with E-state index in [-0.39, 0.29) is 0 Å². The van der Waals surface area contributed by atoms with E-state index in [1.165, 1.54) is 17.7 Å². The second-order valence-corrected chi connectivity index (χ2v) is 6.10. The number of thiophene rings is 1. The Hall–Kier alpha value is -1.39. The van der Waals surface area contributed by atoms with Crippen molar-refractivity contribution in [1.29, 1.82) is 0 Å². The fourth-order valence-corrected chi connectivity index (χ4v) is 2.87. The minimum Gasteiger partial charge on any atom is -0.389 e. The molecular weight excluding hydrogens is 256 g/mol. The first-order valence-electron chi connectivity index (χ1n) is 6.67. The molecule has 0 aliphatic heterocycles. The van der Waals surface area contributed by atoms with Crippen LogP contribution in [0.3, 0.4) is 0 Å². The van der Waals surface area contributed by atoms with Crippen molar-refractivity contribution in [2.75, 3.05) is 4.90 Å². The fraction of sp³-hybridized carbons (Fsp3) is 0.400. The molecule has 0 aromatic carbocycles. The molecule has 0 saturated heterocycles. The molecule has 0 radical (unpaired) electrons. The Morgan fingerprint density at radius 3 is 2.79 bits per heavy atom. The molecule has 19 heavy (non-hydrogen) atoms. The van der Waals surface area contributed by atoms with Gasteiger partial charge < -0.3 is 10.0 Å². The Morgan fingerprint density at radius 2 is 2.26 bits per heavy atom. The van der Waals surface area contributed by atoms with E-state index in [1.54, 1.807) is 24.5 Å². The van der Waals surface area contributed by atoms with Crippen molar-refractivity contribution in [3.63, 3.8) is 0 Å². The minimum atomic E-state index is -0.451. The van der Waals surface area contributed by atoms with Crippen molar-refractivity contribution in [1.82, 2.24) is 4.98 Å². The van der Waals surface area contributed by atoms with Crippen LogP contribution >= 0.6 is 11.3 Å². The number of aliphatic hydroxyl groups is 1. The number of aliphatic hydroxyl groups excluding tert-OH is 1. The molecule has 3 rings (SSSR count). The molecule has 0 amide bonds. The van der Waals surface area contributed by atoms with Gasteiger partial charge in [0.2, 0.25) is 0 Å². The highest BCUT2D eigenvalue weighted by Crippen LogP contribution is 2.33. The molecule has 2 heterocycles. The van der Waals surface area contributed by atoms with Crippen LogP contribution in [0.5, 0.6) is 0 Å². The van der Waals surface area contributed by atoms with Gasteiger partial charge in [-0.15, -0.1) is 11.3 Å². The first-order valence-corrected chi connectivity index (χ1v) is 7.55. The first-order chi connectivity index (χ1) is 9.24. The summed E-state index contributed by atoms with van der Waals surface area (Å²) in [6.45, 7) is 2.70. The highest BCUT2D eigenvalue weighted by atomic mass is 32.1. The number of hydrogen-bond donors (Lipinski definition) is 1. The predicted octanol–water partition coefficient (Wildman–Crippen LogP) is 3.37. The SMILES string of the molecule is CC(O)c1ccc(N(Cc2cccs2)C2CC2)nc1. The summed E-state index contributed by atoms with van der Waals surface area (Å²) in [5.74, 6) is 1.01. The lowest BCUT2D eigenvalue weighted by molar-refractivity contribution is 0.199. The summed E-state index contributed by atoms with van der Waals surface area (Å²) in [6, 6.07) is 8.89. The lowest BCUT2D eigenvalue weighted by atomic mass is 10.2. The average Bonchev–Trinajstić information content (AvgIpc) is 3.13. The van der Waals surface area contributed by atoms with Gasteiger partial charge in [0.1, 0.15) is 5.82 Å². The zero-order valence-corrected chi connectivity index (χ0v) is 11.8. The highest BCUT2D eigenvalue weighted by molar-refractivity contribution is 7.09. The van der Waals surface area contributed by atoms with Gasteiger partial charge in [-0.3, -0.25) is 0 Å². The molecule has 4 heteroatoms. The van der Waals surface area contributed by atoms with E-state index in [0.29, 0.717) is 6.04 Å². The summed E-state index contributed by atoms with van der Waals surface area (Å²) in [6.07, 6.45) is 3.84. The third kappa shape index (κ3) is 2.96. The van der Waals surface area contributed by atoms with E-state index in [0.717, 1.165) is 17.9 Å². The Balaban J connectivity index is 1.79. The Kier molecular flexibility index (Phi) is 3.53. The van der Waals surface area contributed by atoms with E-state index >= 15 is 0 Å². The fourth-order valence-electron chi connectivity index (χ4n) is 2.17. The topological polar surface area (TPSA) is 36.4 Å². The standard InChI is InChI=1S/C15H18N2OS/c1-11(18)12-4-7-15(16-9-12)17(13-5-6-13)10-14-3-2-8-19-14/h2-4,7-9,11,13,18H,5-6,10H2,1H3. The van der Waals surface area contributed by atoms with E-state index in [4.69, 9.17) is 0 Å². The molecule has 2 aromatic heterocycles. The van der Waals surface area contributed by atoms with Crippen molar-refractivity contribution >= 4 is 17.2 Å². The number of rotatable bonds is 5. The number of aromatic nitrogens is 1. The number of nitrogens with zero attached hydrogens (tertiary/aromatic N) is 2. The largest absolute Gasteiger partial charge is 0.389 e. The normalized spacial score (nSPS) is 16.3. The number of anilines is 1. The molecule has 3 nitrogen and oxygen atoms in total. The van der Waals surface area contributed by atoms with Crippen LogP contribution < -0.4 is 4.90 Å². The Morgan fingerprint density at radius 1 is 1.42 bits per heavy atom. The summed E-state index contributed by atoms with van der Waals surface area (Å²) in [5.41, 5.74) is 0.871. The van der Waals surface area contributed by atoms with Crippen LogP contribution in [0.15, 0.2) is 35.8 Å². The second-order valence-electron chi connectivity index (χ2n) is 5.06. The van der Waals surface area contributed by atoms with Gasteiger partial charge in [-0.2, -0.15) is 0 Å². The van der Waals surface area contributed by atoms with Gasteiger partial charge in [0.05, 0.1) is 12.6 Å². The molecule has 1 aliphatic carbocycles. The molecule has 1 N–H and O–H groups in total. The molecule has 1 aliphatic rings. The van der Waals surface area contributed by atoms with Crippen molar-refractivity contribution in [2.45, 2.75) is 38.5 Å². The third-order valence-corrected chi connectivity index (χ3v) is 4.30. The molecule has 1 atom stereocenters. The van der Waals surface area contributed by atoms with Gasteiger partial charge in [-0.1, -0.05) is 12.1 Å². The van der Waals surface area contributed by atoms with E-state index < -0.39 is 6.10 Å². The summed E-state index contributed by atoms with van der Waals surface area (Å²) in [7, 11) is 0. The summed E-state index contributed by atoms with van der Waals surface area (Å²) < 4.78 is 0. The van der Waals surface area contributed by atoms with E-state index in [9.17, 15) is 5.11 Å². The molecule has 0 spiro atoms. The van der Waals surface area contributed by atoms with Crippen LogP contribution in [0.25, 0.3) is 0 Å². The maximum atomic E-state index is 9.53. The van der Waals surface area contributed by atoms with Crippen molar-refractivity contribution in [3.05, 3.63) is 46.3 Å². The monoisotopic (exact) mass is 274 g/mol. The van der Waals surface area contributed by atoms with Gasteiger partial charge in [-0.05, 0) is 42.8 Å². The van der Waals surface area contributed by atoms with Gasteiger partial charge in [0.25, 0.3) is 0 Å². The lowest BCUT2D eigenvalue weighted by Crippen LogP contribution is -2.25. The maximum Gasteiger partial charge on any atom is 0.129 e. The third-order valence-electron chi connectivity index (χ3n) is 3.44. The summed E-state index contributed by atoms with van der Waals surface area (Å²) >= 11 is 1.79. The quantitative estimate of drug-likeness (QED) is 0.908. The molecule has 100 valence electrons. The second kappa shape index (κ2) is 5.31. The van der Waals surface area contributed by atoms with Gasteiger partial charge in [0.15, 0.2) is 0 Å². The van der Waals surface area contributed by atoms with Crippen LogP contribution in [0.4, 0.5) is 5.82 Å². The molecule has 2 aromatic rings. The van der Waals surface area contributed by atoms with Crippen molar-refractivity contribution in [3.8, 4) is 0 Å². The van der Waals surface area contributed by atoms with E-state index in [1.807, 2.05) is 12.1 Å².